The molecule has 1 aromatic carbocycles. The third kappa shape index (κ3) is 3.78. The Morgan fingerprint density at radius 3 is 2.60 bits per heavy atom. The van der Waals surface area contributed by atoms with Crippen molar-refractivity contribution in [3.05, 3.63) is 24.3 Å². The van der Waals surface area contributed by atoms with Crippen LogP contribution in [0.25, 0.3) is 0 Å². The second-order valence-electron chi connectivity index (χ2n) is 2.42. The quantitative estimate of drug-likeness (QED) is 0.630. The Kier molecular flexibility index (Phi) is 3.57. The number of nitrogens with zero attached hydrogens (tertiary/aromatic N) is 1. The minimum atomic E-state index is -4.75. The van der Waals surface area contributed by atoms with Gasteiger partial charge in [-0.1, -0.05) is 6.07 Å². The van der Waals surface area contributed by atoms with Gasteiger partial charge in [0.2, 0.25) is 0 Å². The molecule has 0 aliphatic rings. The number of halogens is 4. The largest absolute Gasteiger partial charge is 0.573 e. The Labute approximate surface area is 91.8 Å². The van der Waals surface area contributed by atoms with Gasteiger partial charge in [-0.3, -0.25) is 4.79 Å². The summed E-state index contributed by atoms with van der Waals surface area (Å²) in [5, 5.41) is 0. The normalized spacial score (nSPS) is 10.9. The highest BCUT2D eigenvalue weighted by Crippen LogP contribution is 2.27. The monoisotopic (exact) mass is 282 g/mol. The Hall–Kier alpha value is -1.24. The van der Waals surface area contributed by atoms with E-state index >= 15 is 0 Å². The average Bonchev–Trinajstić information content (AvgIpc) is 2.14. The van der Waals surface area contributed by atoms with Crippen molar-refractivity contribution in [3.63, 3.8) is 0 Å². The number of alkyl halides is 3. The molecule has 0 aromatic heterocycles. The first-order chi connectivity index (χ1) is 6.92. The van der Waals surface area contributed by atoms with Gasteiger partial charge >= 0.3 is 12.8 Å². The van der Waals surface area contributed by atoms with Crippen molar-refractivity contribution in [2.24, 2.45) is 0 Å². The van der Waals surface area contributed by atoms with Crippen molar-refractivity contribution in [1.82, 2.24) is 0 Å². The molecule has 0 N–H and O–H groups in total. The first-order valence-electron chi connectivity index (χ1n) is 3.62. The number of hydrogen-bond donors (Lipinski definition) is 0. The van der Waals surface area contributed by atoms with Crippen molar-refractivity contribution in [3.8, 4) is 5.75 Å². The molecule has 0 atom stereocenters. The number of ether oxygens (including phenoxy) is 1. The van der Waals surface area contributed by atoms with E-state index in [2.05, 4.69) is 20.9 Å². The highest BCUT2D eigenvalue weighted by Gasteiger charge is 2.31. The molecule has 0 unspecified atom stereocenters. The van der Waals surface area contributed by atoms with Crippen LogP contribution >= 0.6 is 16.1 Å². The van der Waals surface area contributed by atoms with Gasteiger partial charge in [0.1, 0.15) is 5.75 Å². The van der Waals surface area contributed by atoms with E-state index < -0.39 is 12.1 Å². The smallest absolute Gasteiger partial charge is 0.406 e. The zero-order chi connectivity index (χ0) is 11.5. The summed E-state index contributed by atoms with van der Waals surface area (Å²) in [5.41, 5.74) is 0.187. The first-order valence-corrected chi connectivity index (χ1v) is 4.33. The third-order valence-electron chi connectivity index (χ3n) is 1.36. The van der Waals surface area contributed by atoms with Gasteiger partial charge < -0.3 is 4.74 Å². The lowest BCUT2D eigenvalue weighted by molar-refractivity contribution is -0.274. The molecule has 7 heteroatoms. The fourth-order valence-electron chi connectivity index (χ4n) is 0.855. The Morgan fingerprint density at radius 2 is 2.07 bits per heavy atom. The van der Waals surface area contributed by atoms with Crippen LogP contribution in [0.1, 0.15) is 0 Å². The topological polar surface area (TPSA) is 29.5 Å². The van der Waals surface area contributed by atoms with Gasteiger partial charge in [0.05, 0.1) is 21.8 Å². The summed E-state index contributed by atoms with van der Waals surface area (Å²) in [4.78, 5) is 10.2. The van der Waals surface area contributed by atoms with Crippen LogP contribution in [0.5, 0.6) is 5.75 Å². The molecule has 0 saturated carbocycles. The van der Waals surface area contributed by atoms with Gasteiger partial charge in [0.25, 0.3) is 0 Å². The van der Waals surface area contributed by atoms with Crippen LogP contribution in [-0.2, 0) is 4.79 Å². The van der Waals surface area contributed by atoms with Crippen molar-refractivity contribution < 1.29 is 22.7 Å². The molecule has 0 saturated heterocycles. The fraction of sp³-hybridized carbons (Fsp3) is 0.125. The minimum Gasteiger partial charge on any atom is -0.406 e. The van der Waals surface area contributed by atoms with Crippen LogP contribution in [0.15, 0.2) is 24.3 Å². The Balaban J connectivity index is 2.88. The van der Waals surface area contributed by atoms with Gasteiger partial charge in [-0.15, -0.1) is 13.2 Å². The van der Waals surface area contributed by atoms with Crippen molar-refractivity contribution >= 4 is 28.2 Å². The summed E-state index contributed by atoms with van der Waals surface area (Å²) in [6.45, 7) is 0. The number of amides is 1. The number of hydrogen-bond acceptors (Lipinski definition) is 2. The van der Waals surface area contributed by atoms with E-state index in [4.69, 9.17) is 0 Å². The zero-order valence-corrected chi connectivity index (χ0v) is 8.67. The number of rotatable bonds is 3. The summed E-state index contributed by atoms with van der Waals surface area (Å²) >= 11 is 2.77. The molecule has 0 spiro atoms. The molecule has 3 nitrogen and oxygen atoms in total. The van der Waals surface area contributed by atoms with E-state index in [0.29, 0.717) is 0 Å². The molecule has 0 fully saturated rings. The summed E-state index contributed by atoms with van der Waals surface area (Å²) in [7, 11) is 0. The van der Waals surface area contributed by atoms with Crippen LogP contribution in [0.4, 0.5) is 18.9 Å². The molecular weight excluding hydrogens is 279 g/mol. The van der Waals surface area contributed by atoms with Gasteiger partial charge in [0, 0.05) is 6.07 Å². The number of benzene rings is 1. The van der Waals surface area contributed by atoms with E-state index in [1.165, 1.54) is 18.5 Å². The highest BCUT2D eigenvalue weighted by molar-refractivity contribution is 9.10. The van der Waals surface area contributed by atoms with Crippen molar-refractivity contribution in [2.75, 3.05) is 3.93 Å². The molecule has 1 aromatic rings. The van der Waals surface area contributed by atoms with Crippen molar-refractivity contribution in [2.45, 2.75) is 6.36 Å². The Morgan fingerprint density at radius 1 is 1.40 bits per heavy atom. The zero-order valence-electron chi connectivity index (χ0n) is 7.08. The highest BCUT2D eigenvalue weighted by atomic mass is 79.9. The molecule has 0 aliphatic carbocycles. The standard InChI is InChI=1S/C8H4BrF3NO2/c9-13(5-14)6-2-1-3-7(4-6)15-8(10,11)12/h1-4H. The Bertz CT molecular complexity index is 356. The van der Waals surface area contributed by atoms with E-state index in [1.807, 2.05) is 0 Å². The van der Waals surface area contributed by atoms with Gasteiger partial charge in [0.15, 0.2) is 0 Å². The van der Waals surface area contributed by atoms with Gasteiger partial charge in [-0.2, -0.15) is 0 Å². The van der Waals surface area contributed by atoms with Gasteiger partial charge in [-0.25, -0.2) is 3.93 Å². The van der Waals surface area contributed by atoms with Crippen LogP contribution in [0, 0.1) is 0 Å². The molecule has 0 heterocycles. The summed E-state index contributed by atoms with van der Waals surface area (Å²) in [6.07, 6.45) is -3.31. The predicted octanol–water partition coefficient (Wildman–Crippen LogP) is 2.77. The van der Waals surface area contributed by atoms with E-state index in [-0.39, 0.29) is 5.69 Å². The van der Waals surface area contributed by atoms with Crippen LogP contribution in [0.3, 0.4) is 0 Å². The second kappa shape index (κ2) is 4.52. The summed E-state index contributed by atoms with van der Waals surface area (Å²) in [6, 6.07) is 4.92. The summed E-state index contributed by atoms with van der Waals surface area (Å²) < 4.78 is 40.0. The lowest BCUT2D eigenvalue weighted by Crippen LogP contribution is -2.17. The lowest BCUT2D eigenvalue weighted by Gasteiger charge is -2.11. The maximum atomic E-state index is 11.8. The fourth-order valence-corrected chi connectivity index (χ4v) is 1.08. The van der Waals surface area contributed by atoms with E-state index in [0.717, 1.165) is 16.1 Å². The third-order valence-corrected chi connectivity index (χ3v) is 1.91. The molecule has 15 heavy (non-hydrogen) atoms. The maximum absolute atomic E-state index is 11.8. The van der Waals surface area contributed by atoms with Crippen molar-refractivity contribution in [1.29, 1.82) is 0 Å². The number of anilines is 1. The van der Waals surface area contributed by atoms with Gasteiger partial charge in [-0.05, 0) is 12.1 Å². The van der Waals surface area contributed by atoms with Crippen LogP contribution in [-0.4, -0.2) is 12.8 Å². The second-order valence-corrected chi connectivity index (χ2v) is 3.13. The molecule has 1 radical (unpaired) electrons. The van der Waals surface area contributed by atoms with E-state index in [9.17, 15) is 18.0 Å². The maximum Gasteiger partial charge on any atom is 0.573 e. The molecule has 0 aliphatic heterocycles. The summed E-state index contributed by atoms with van der Waals surface area (Å²) in [5.74, 6) is -0.403. The SMILES string of the molecule is O=[C]N(Br)c1cccc(OC(F)(F)F)c1. The van der Waals surface area contributed by atoms with E-state index in [1.54, 1.807) is 0 Å². The molecule has 0 bridgehead atoms. The molecule has 81 valence electrons. The van der Waals surface area contributed by atoms with Crippen LogP contribution in [0.2, 0.25) is 0 Å². The molecule has 1 amide bonds. The first kappa shape index (κ1) is 11.8. The van der Waals surface area contributed by atoms with Crippen LogP contribution < -0.4 is 8.66 Å². The molecular formula is C8H4BrF3NO2. The minimum absolute atomic E-state index is 0.187. The predicted molar refractivity (Wildman–Crippen MR) is 50.2 cm³/mol. The molecule has 1 rings (SSSR count). The average molecular weight is 283 g/mol. The lowest BCUT2D eigenvalue weighted by atomic mass is 10.3. The number of carbonyl (C=O) groups excluding carboxylic acids is 1.